The first-order valence-electron chi connectivity index (χ1n) is 6.03. The highest BCUT2D eigenvalue weighted by atomic mass is 16.6. The normalized spacial score (nSPS) is 19.0. The Morgan fingerprint density at radius 3 is 2.72 bits per heavy atom. The van der Waals surface area contributed by atoms with Gasteiger partial charge in [-0.2, -0.15) is 0 Å². The van der Waals surface area contributed by atoms with Crippen molar-refractivity contribution in [3.05, 3.63) is 33.9 Å². The number of benzene rings is 1. The lowest BCUT2D eigenvalue weighted by Crippen LogP contribution is -2.21. The second kappa shape index (κ2) is 4.76. The summed E-state index contributed by atoms with van der Waals surface area (Å²) in [5.74, 6) is 0.466. The predicted molar refractivity (Wildman–Crippen MR) is 69.1 cm³/mol. The number of carbonyl (C=O) groups is 1. The van der Waals surface area contributed by atoms with E-state index in [1.807, 2.05) is 0 Å². The van der Waals surface area contributed by atoms with Gasteiger partial charge in [-0.05, 0) is 25.3 Å². The van der Waals surface area contributed by atoms with Gasteiger partial charge in [-0.25, -0.2) is 0 Å². The van der Waals surface area contributed by atoms with Gasteiger partial charge in [-0.1, -0.05) is 6.92 Å². The third-order valence-electron chi connectivity index (χ3n) is 3.33. The number of carbonyl (C=O) groups excluding carboxylic acids is 1. The van der Waals surface area contributed by atoms with Crippen molar-refractivity contribution in [1.29, 1.82) is 0 Å². The molecule has 1 saturated heterocycles. The van der Waals surface area contributed by atoms with E-state index in [1.54, 1.807) is 6.07 Å². The van der Waals surface area contributed by atoms with Gasteiger partial charge in [-0.15, -0.1) is 0 Å². The van der Waals surface area contributed by atoms with Crippen molar-refractivity contribution < 1.29 is 9.72 Å². The summed E-state index contributed by atoms with van der Waals surface area (Å²) in [7, 11) is 0. The van der Waals surface area contributed by atoms with Crippen molar-refractivity contribution in [2.45, 2.75) is 20.3 Å². The van der Waals surface area contributed by atoms with E-state index in [-0.39, 0.29) is 11.5 Å². The largest absolute Gasteiger partial charge is 0.371 e. The van der Waals surface area contributed by atoms with Crippen LogP contribution in [0.2, 0.25) is 0 Å². The lowest BCUT2D eigenvalue weighted by Gasteiger charge is -2.20. The molecular weight excluding hydrogens is 232 g/mol. The summed E-state index contributed by atoms with van der Waals surface area (Å²) in [5, 5.41) is 10.7. The number of Topliss-reactive ketones (excluding diaryl/α,β-unsaturated/α-hetero) is 1. The summed E-state index contributed by atoms with van der Waals surface area (Å²) in [6.45, 7) is 5.41. The van der Waals surface area contributed by atoms with Crippen molar-refractivity contribution >= 4 is 17.2 Å². The van der Waals surface area contributed by atoms with Crippen molar-refractivity contribution in [2.24, 2.45) is 5.92 Å². The molecule has 0 amide bonds. The minimum absolute atomic E-state index is 0.0313. The molecule has 1 aliphatic rings. The number of anilines is 1. The fourth-order valence-electron chi connectivity index (χ4n) is 2.35. The molecule has 0 N–H and O–H groups in total. The average Bonchev–Trinajstić information content (AvgIpc) is 2.74. The van der Waals surface area contributed by atoms with Crippen LogP contribution in [0.4, 0.5) is 11.4 Å². The first-order chi connectivity index (χ1) is 8.49. The fourth-order valence-corrected chi connectivity index (χ4v) is 2.35. The molecule has 1 unspecified atom stereocenters. The summed E-state index contributed by atoms with van der Waals surface area (Å²) in [6, 6.07) is 4.53. The van der Waals surface area contributed by atoms with Gasteiger partial charge >= 0.3 is 0 Å². The van der Waals surface area contributed by atoms with E-state index in [0.29, 0.717) is 11.5 Å². The molecule has 1 aliphatic heterocycles. The smallest absolute Gasteiger partial charge is 0.270 e. The molecule has 1 atom stereocenters. The number of non-ortho nitro benzene ring substituents is 1. The number of hydrogen-bond donors (Lipinski definition) is 0. The lowest BCUT2D eigenvalue weighted by molar-refractivity contribution is -0.384. The van der Waals surface area contributed by atoms with Crippen LogP contribution in [0.25, 0.3) is 0 Å². The Bertz CT molecular complexity index is 499. The number of ketones is 1. The van der Waals surface area contributed by atoms with Gasteiger partial charge in [0, 0.05) is 36.5 Å². The van der Waals surface area contributed by atoms with Gasteiger partial charge in [0.25, 0.3) is 5.69 Å². The Balaban J connectivity index is 2.41. The molecule has 1 aromatic carbocycles. The Hall–Kier alpha value is -1.91. The molecule has 5 heteroatoms. The molecule has 0 aromatic heterocycles. The van der Waals surface area contributed by atoms with Gasteiger partial charge in [0.1, 0.15) is 0 Å². The SMILES string of the molecule is CC(=O)c1cc([N+](=O)[O-])ccc1N1CCC(C)C1. The molecule has 18 heavy (non-hydrogen) atoms. The quantitative estimate of drug-likeness (QED) is 0.468. The van der Waals surface area contributed by atoms with Crippen LogP contribution in [-0.2, 0) is 0 Å². The number of nitro benzene ring substituents is 1. The zero-order valence-electron chi connectivity index (χ0n) is 10.5. The maximum Gasteiger partial charge on any atom is 0.270 e. The number of nitrogens with zero attached hydrogens (tertiary/aromatic N) is 2. The minimum Gasteiger partial charge on any atom is -0.371 e. The third kappa shape index (κ3) is 2.34. The van der Waals surface area contributed by atoms with Crippen molar-refractivity contribution in [3.63, 3.8) is 0 Å². The molecule has 0 spiro atoms. The molecule has 5 nitrogen and oxygen atoms in total. The first-order valence-corrected chi connectivity index (χ1v) is 6.03. The summed E-state index contributed by atoms with van der Waals surface area (Å²) in [4.78, 5) is 24.0. The van der Waals surface area contributed by atoms with Crippen LogP contribution in [0.15, 0.2) is 18.2 Å². The molecule has 1 fully saturated rings. The minimum atomic E-state index is -0.469. The zero-order valence-corrected chi connectivity index (χ0v) is 10.5. The van der Waals surface area contributed by atoms with Crippen LogP contribution in [0, 0.1) is 16.0 Å². The van der Waals surface area contributed by atoms with Crippen LogP contribution in [-0.4, -0.2) is 23.8 Å². The van der Waals surface area contributed by atoms with E-state index >= 15 is 0 Å². The number of rotatable bonds is 3. The molecule has 0 saturated carbocycles. The van der Waals surface area contributed by atoms with Gasteiger partial charge in [-0.3, -0.25) is 14.9 Å². The zero-order chi connectivity index (χ0) is 13.3. The standard InChI is InChI=1S/C13H16N2O3/c1-9-5-6-14(8-9)13-4-3-11(15(17)18)7-12(13)10(2)16/h3-4,7,9H,5-6,8H2,1-2H3. The van der Waals surface area contributed by atoms with E-state index in [0.717, 1.165) is 25.2 Å². The number of nitro groups is 1. The number of hydrogen-bond acceptors (Lipinski definition) is 4. The van der Waals surface area contributed by atoms with Crippen LogP contribution in [0.5, 0.6) is 0 Å². The van der Waals surface area contributed by atoms with Crippen LogP contribution < -0.4 is 4.90 Å². The highest BCUT2D eigenvalue weighted by Gasteiger charge is 2.23. The molecule has 2 rings (SSSR count). The maximum absolute atomic E-state index is 11.6. The Morgan fingerprint density at radius 1 is 1.50 bits per heavy atom. The van der Waals surface area contributed by atoms with Crippen LogP contribution in [0.1, 0.15) is 30.6 Å². The maximum atomic E-state index is 11.6. The average molecular weight is 248 g/mol. The van der Waals surface area contributed by atoms with Crippen LogP contribution >= 0.6 is 0 Å². The van der Waals surface area contributed by atoms with Gasteiger partial charge in [0.05, 0.1) is 4.92 Å². The van der Waals surface area contributed by atoms with Gasteiger partial charge in [0.2, 0.25) is 0 Å². The first kappa shape index (κ1) is 12.5. The Labute approximate surface area is 106 Å². The van der Waals surface area contributed by atoms with Crippen molar-refractivity contribution in [3.8, 4) is 0 Å². The Kier molecular flexibility index (Phi) is 3.32. The third-order valence-corrected chi connectivity index (χ3v) is 3.33. The van der Waals surface area contributed by atoms with Gasteiger partial charge in [0.15, 0.2) is 5.78 Å². The topological polar surface area (TPSA) is 63.4 Å². The summed E-state index contributed by atoms with van der Waals surface area (Å²) in [5.41, 5.74) is 1.23. The highest BCUT2D eigenvalue weighted by Crippen LogP contribution is 2.30. The molecule has 0 bridgehead atoms. The Morgan fingerprint density at radius 2 is 2.22 bits per heavy atom. The summed E-state index contributed by atoms with van der Waals surface area (Å²) in [6.07, 6.45) is 1.09. The van der Waals surface area contributed by atoms with E-state index in [9.17, 15) is 14.9 Å². The molecule has 0 aliphatic carbocycles. The summed E-state index contributed by atoms with van der Waals surface area (Å²) >= 11 is 0. The lowest BCUT2D eigenvalue weighted by atomic mass is 10.1. The molecule has 96 valence electrons. The fraction of sp³-hybridized carbons (Fsp3) is 0.462. The van der Waals surface area contributed by atoms with Gasteiger partial charge < -0.3 is 4.90 Å². The van der Waals surface area contributed by atoms with E-state index in [4.69, 9.17) is 0 Å². The van der Waals surface area contributed by atoms with Crippen molar-refractivity contribution in [1.82, 2.24) is 0 Å². The monoisotopic (exact) mass is 248 g/mol. The van der Waals surface area contributed by atoms with E-state index < -0.39 is 4.92 Å². The molecule has 1 heterocycles. The second-order valence-electron chi connectivity index (χ2n) is 4.85. The van der Waals surface area contributed by atoms with E-state index in [1.165, 1.54) is 19.1 Å². The predicted octanol–water partition coefficient (Wildman–Crippen LogP) is 2.64. The van der Waals surface area contributed by atoms with Crippen LogP contribution in [0.3, 0.4) is 0 Å². The highest BCUT2D eigenvalue weighted by molar-refractivity contribution is 6.00. The molecule has 1 aromatic rings. The molecular formula is C13H16N2O3. The summed E-state index contributed by atoms with van der Waals surface area (Å²) < 4.78 is 0. The van der Waals surface area contributed by atoms with E-state index in [2.05, 4.69) is 11.8 Å². The van der Waals surface area contributed by atoms with Crippen molar-refractivity contribution in [2.75, 3.05) is 18.0 Å². The molecule has 0 radical (unpaired) electrons. The second-order valence-corrected chi connectivity index (χ2v) is 4.85.